The van der Waals surface area contributed by atoms with E-state index in [-0.39, 0.29) is 12.0 Å². The van der Waals surface area contributed by atoms with Gasteiger partial charge in [0.15, 0.2) is 0 Å². The van der Waals surface area contributed by atoms with Crippen LogP contribution in [0.15, 0.2) is 42.6 Å². The first-order chi connectivity index (χ1) is 17.7. The Balaban J connectivity index is 1.22. The van der Waals surface area contributed by atoms with E-state index in [1.807, 2.05) is 36.5 Å². The average Bonchev–Trinajstić information content (AvgIpc) is 3.78. The van der Waals surface area contributed by atoms with E-state index < -0.39 is 0 Å². The highest BCUT2D eigenvalue weighted by molar-refractivity contribution is 5.93. The van der Waals surface area contributed by atoms with Gasteiger partial charge in [-0.1, -0.05) is 18.2 Å². The van der Waals surface area contributed by atoms with Crippen LogP contribution in [-0.2, 0) is 4.79 Å². The normalized spacial score (nSPS) is 21.9. The van der Waals surface area contributed by atoms with Gasteiger partial charge in [0.05, 0.1) is 28.5 Å². The van der Waals surface area contributed by atoms with Gasteiger partial charge in [0.2, 0.25) is 5.91 Å². The quantitative estimate of drug-likeness (QED) is 0.539. The number of carbonyl (C=O) groups is 1. The molecule has 0 spiro atoms. The Morgan fingerprint density at radius 3 is 2.61 bits per heavy atom. The molecule has 0 bridgehead atoms. The smallest absolute Gasteiger partial charge is 0.226 e. The van der Waals surface area contributed by atoms with E-state index in [0.29, 0.717) is 23.3 Å². The van der Waals surface area contributed by atoms with Gasteiger partial charge in [-0.15, -0.1) is 0 Å². The molecule has 3 saturated carbocycles. The summed E-state index contributed by atoms with van der Waals surface area (Å²) in [5.41, 5.74) is 4.46. The van der Waals surface area contributed by atoms with Crippen LogP contribution < -0.4 is 10.2 Å². The van der Waals surface area contributed by atoms with Crippen LogP contribution in [-0.4, -0.2) is 46.5 Å². The van der Waals surface area contributed by atoms with Crippen LogP contribution in [0.5, 0.6) is 0 Å². The summed E-state index contributed by atoms with van der Waals surface area (Å²) < 4.78 is 0. The first-order valence-corrected chi connectivity index (χ1v) is 13.3. The van der Waals surface area contributed by atoms with Crippen molar-refractivity contribution in [2.24, 2.45) is 11.8 Å². The number of rotatable bonds is 6. The zero-order valence-corrected chi connectivity index (χ0v) is 20.4. The molecule has 0 radical (unpaired) electrons. The molecule has 3 heterocycles. The van der Waals surface area contributed by atoms with E-state index in [1.54, 1.807) is 0 Å². The Kier molecular flexibility index (Phi) is 5.09. The third kappa shape index (κ3) is 3.95. The molecule has 7 nitrogen and oxygen atoms in total. The molecule has 4 fully saturated rings. The molecule has 1 aromatic carbocycles. The molecule has 1 N–H and O–H groups in total. The van der Waals surface area contributed by atoms with Crippen molar-refractivity contribution in [3.05, 3.63) is 53.9 Å². The van der Waals surface area contributed by atoms with Crippen LogP contribution >= 0.6 is 0 Å². The minimum atomic E-state index is 0.241. The zero-order valence-electron chi connectivity index (χ0n) is 20.4. The molecule has 1 aliphatic heterocycles. The van der Waals surface area contributed by atoms with Crippen LogP contribution in [0.2, 0.25) is 0 Å². The van der Waals surface area contributed by atoms with Crippen LogP contribution in [0.4, 0.5) is 17.2 Å². The summed E-state index contributed by atoms with van der Waals surface area (Å²) in [6.45, 7) is 2.23. The highest BCUT2D eigenvalue weighted by Gasteiger charge is 2.45. The second-order valence-electron chi connectivity index (χ2n) is 10.8. The Morgan fingerprint density at radius 1 is 1.03 bits per heavy atom. The molecule has 3 aromatic rings. The Hall–Kier alpha value is -3.66. The largest absolute Gasteiger partial charge is 0.353 e. The molecule has 7 heteroatoms. The van der Waals surface area contributed by atoms with Gasteiger partial charge >= 0.3 is 0 Å². The predicted molar refractivity (Wildman–Crippen MR) is 139 cm³/mol. The van der Waals surface area contributed by atoms with Gasteiger partial charge in [-0.2, -0.15) is 5.26 Å². The van der Waals surface area contributed by atoms with Crippen LogP contribution in [0.25, 0.3) is 10.9 Å². The first kappa shape index (κ1) is 21.6. The maximum absolute atomic E-state index is 13.0. The van der Waals surface area contributed by atoms with Gasteiger partial charge in [-0.05, 0) is 62.6 Å². The zero-order chi connectivity index (χ0) is 24.2. The van der Waals surface area contributed by atoms with E-state index in [1.165, 1.54) is 12.8 Å². The monoisotopic (exact) mass is 478 g/mol. The Labute approximate surface area is 211 Å². The summed E-state index contributed by atoms with van der Waals surface area (Å²) in [6.07, 6.45) is 8.54. The highest BCUT2D eigenvalue weighted by Crippen LogP contribution is 2.46. The van der Waals surface area contributed by atoms with Crippen LogP contribution in [0.1, 0.15) is 55.7 Å². The van der Waals surface area contributed by atoms with Crippen molar-refractivity contribution >= 4 is 34.0 Å². The first-order valence-electron chi connectivity index (χ1n) is 13.3. The maximum Gasteiger partial charge on any atom is 0.226 e. The lowest BCUT2D eigenvalue weighted by Gasteiger charge is -2.43. The molecule has 1 unspecified atom stereocenters. The van der Waals surface area contributed by atoms with Crippen molar-refractivity contribution in [1.82, 2.24) is 14.9 Å². The molecule has 3 aliphatic carbocycles. The number of piperazine rings is 1. The van der Waals surface area contributed by atoms with Crippen molar-refractivity contribution in [1.29, 1.82) is 5.26 Å². The van der Waals surface area contributed by atoms with Gasteiger partial charge in [-0.25, -0.2) is 4.98 Å². The summed E-state index contributed by atoms with van der Waals surface area (Å²) in [6, 6.07) is 14.7. The standard InChI is InChI=1S/C29H30N6O/c30-16-21-15-25(32-24-11-12-31-23-4-2-1-3-22(23)24)27(19-7-8-19)33-28(21)34-13-14-35(29(36)20-9-10-20)26(17-34)18-5-6-18/h1-4,11-12,15,18-20,26H,5-10,13-14,17H2,(H,31,32). The third-order valence-electron chi connectivity index (χ3n) is 8.13. The van der Waals surface area contributed by atoms with E-state index in [2.05, 4.69) is 32.2 Å². The number of carbonyl (C=O) groups excluding carboxylic acids is 1. The number of amides is 1. The molecule has 182 valence electrons. The van der Waals surface area contributed by atoms with Crippen molar-refractivity contribution in [3.63, 3.8) is 0 Å². The molecule has 36 heavy (non-hydrogen) atoms. The second-order valence-corrected chi connectivity index (χ2v) is 10.8. The van der Waals surface area contributed by atoms with Crippen molar-refractivity contribution < 1.29 is 4.79 Å². The number of nitrogens with one attached hydrogen (secondary N) is 1. The van der Waals surface area contributed by atoms with Gasteiger partial charge in [0.25, 0.3) is 0 Å². The van der Waals surface area contributed by atoms with E-state index in [4.69, 9.17) is 4.98 Å². The van der Waals surface area contributed by atoms with Crippen molar-refractivity contribution in [2.75, 3.05) is 29.9 Å². The van der Waals surface area contributed by atoms with E-state index >= 15 is 0 Å². The minimum Gasteiger partial charge on any atom is -0.353 e. The molecule has 4 aliphatic rings. The van der Waals surface area contributed by atoms with Crippen LogP contribution in [0, 0.1) is 23.2 Å². The number of hydrogen-bond acceptors (Lipinski definition) is 6. The molecule has 1 atom stereocenters. The maximum atomic E-state index is 13.0. The fourth-order valence-corrected chi connectivity index (χ4v) is 5.68. The van der Waals surface area contributed by atoms with Crippen molar-refractivity contribution in [2.45, 2.75) is 50.5 Å². The Bertz CT molecular complexity index is 1380. The fraction of sp³-hybridized carbons (Fsp3) is 0.448. The highest BCUT2D eigenvalue weighted by atomic mass is 16.2. The molecule has 7 rings (SSSR count). The molecule has 2 aromatic heterocycles. The predicted octanol–water partition coefficient (Wildman–Crippen LogP) is 4.96. The lowest BCUT2D eigenvalue weighted by molar-refractivity contribution is -0.135. The summed E-state index contributed by atoms with van der Waals surface area (Å²) in [5, 5.41) is 14.8. The van der Waals surface area contributed by atoms with Crippen molar-refractivity contribution in [3.8, 4) is 6.07 Å². The SMILES string of the molecule is N#Cc1cc(Nc2ccnc3ccccc23)c(C2CC2)nc1N1CCN(C(=O)C2CC2)C(C2CC2)C1. The molecule has 1 amide bonds. The fourth-order valence-electron chi connectivity index (χ4n) is 5.68. The summed E-state index contributed by atoms with van der Waals surface area (Å²) >= 11 is 0. The number of hydrogen-bond donors (Lipinski definition) is 1. The number of fused-ring (bicyclic) bond motifs is 1. The number of pyridine rings is 2. The number of anilines is 3. The number of para-hydroxylation sites is 1. The van der Waals surface area contributed by atoms with Gasteiger partial charge in [0, 0.05) is 48.7 Å². The molecule has 1 saturated heterocycles. The summed E-state index contributed by atoms with van der Waals surface area (Å²) in [7, 11) is 0. The average molecular weight is 479 g/mol. The number of benzene rings is 1. The van der Waals surface area contributed by atoms with Gasteiger partial charge in [-0.3, -0.25) is 9.78 Å². The third-order valence-corrected chi connectivity index (χ3v) is 8.13. The van der Waals surface area contributed by atoms with Gasteiger partial charge < -0.3 is 15.1 Å². The topological polar surface area (TPSA) is 85.2 Å². The molecular weight excluding hydrogens is 448 g/mol. The summed E-state index contributed by atoms with van der Waals surface area (Å²) in [4.78, 5) is 27.0. The number of aromatic nitrogens is 2. The van der Waals surface area contributed by atoms with Crippen LogP contribution in [0.3, 0.4) is 0 Å². The number of nitrogens with zero attached hydrogens (tertiary/aromatic N) is 5. The van der Waals surface area contributed by atoms with E-state index in [0.717, 1.165) is 79.1 Å². The Morgan fingerprint density at radius 2 is 1.86 bits per heavy atom. The minimum absolute atomic E-state index is 0.241. The van der Waals surface area contributed by atoms with Gasteiger partial charge in [0.1, 0.15) is 11.9 Å². The number of nitriles is 1. The molecular formula is C29H30N6O. The lowest BCUT2D eigenvalue weighted by Crippen LogP contribution is -2.57. The summed E-state index contributed by atoms with van der Waals surface area (Å²) in [5.74, 6) is 2.40. The lowest BCUT2D eigenvalue weighted by atomic mass is 10.0. The second kappa shape index (κ2) is 8.48. The van der Waals surface area contributed by atoms with E-state index in [9.17, 15) is 10.1 Å².